The Morgan fingerprint density at radius 3 is 2.85 bits per heavy atom. The van der Waals surface area contributed by atoms with Gasteiger partial charge in [0.1, 0.15) is 11.9 Å². The molecule has 134 valence electrons. The SMILES string of the molecule is N[C@@H]1C[C@@H](C(=O)O)N(c2cc(-n3ccnc3)c3ccc(Cl)c(Cl)c3n2)C1. The van der Waals surface area contributed by atoms with Crippen molar-refractivity contribution in [2.75, 3.05) is 11.4 Å². The monoisotopic (exact) mass is 391 g/mol. The number of halogens is 2. The fraction of sp³-hybridized carbons (Fsp3) is 0.235. The molecule has 0 amide bonds. The van der Waals surface area contributed by atoms with Crippen molar-refractivity contribution >= 4 is 45.9 Å². The first-order valence-electron chi connectivity index (χ1n) is 7.98. The molecule has 7 nitrogen and oxygen atoms in total. The maximum absolute atomic E-state index is 11.6. The van der Waals surface area contributed by atoms with Crippen LogP contribution in [0.4, 0.5) is 5.82 Å². The van der Waals surface area contributed by atoms with E-state index in [0.29, 0.717) is 34.3 Å². The van der Waals surface area contributed by atoms with E-state index < -0.39 is 12.0 Å². The summed E-state index contributed by atoms with van der Waals surface area (Å²) in [6.07, 6.45) is 5.48. The van der Waals surface area contributed by atoms with Crippen molar-refractivity contribution in [3.63, 3.8) is 0 Å². The van der Waals surface area contributed by atoms with Crippen LogP contribution in [0.25, 0.3) is 16.6 Å². The molecule has 26 heavy (non-hydrogen) atoms. The summed E-state index contributed by atoms with van der Waals surface area (Å²) in [6.45, 7) is 0.400. The van der Waals surface area contributed by atoms with Crippen LogP contribution in [-0.2, 0) is 4.79 Å². The van der Waals surface area contributed by atoms with Crippen LogP contribution in [0.5, 0.6) is 0 Å². The molecule has 3 aromatic rings. The molecule has 1 aliphatic rings. The van der Waals surface area contributed by atoms with Crippen molar-refractivity contribution in [2.24, 2.45) is 5.73 Å². The first kappa shape index (κ1) is 17.1. The summed E-state index contributed by atoms with van der Waals surface area (Å²) in [4.78, 5) is 22.0. The fourth-order valence-corrected chi connectivity index (χ4v) is 3.68. The van der Waals surface area contributed by atoms with Gasteiger partial charge >= 0.3 is 5.97 Å². The van der Waals surface area contributed by atoms with Crippen molar-refractivity contribution in [1.82, 2.24) is 14.5 Å². The number of aliphatic carboxylic acids is 1. The predicted molar refractivity (Wildman–Crippen MR) is 100 cm³/mol. The van der Waals surface area contributed by atoms with Gasteiger partial charge in [-0.1, -0.05) is 23.2 Å². The number of carboxylic acid groups (broad SMARTS) is 1. The van der Waals surface area contributed by atoms with Crippen LogP contribution in [0.2, 0.25) is 10.0 Å². The van der Waals surface area contributed by atoms with Gasteiger partial charge in [0.2, 0.25) is 0 Å². The average molecular weight is 392 g/mol. The molecule has 1 saturated heterocycles. The van der Waals surface area contributed by atoms with Crippen LogP contribution in [0.1, 0.15) is 6.42 Å². The zero-order valence-electron chi connectivity index (χ0n) is 13.5. The molecule has 0 bridgehead atoms. The number of carboxylic acids is 1. The number of benzene rings is 1. The number of imidazole rings is 1. The third-order valence-corrected chi connectivity index (χ3v) is 5.33. The summed E-state index contributed by atoms with van der Waals surface area (Å²) in [6, 6.07) is 4.39. The van der Waals surface area contributed by atoms with Gasteiger partial charge in [-0.05, 0) is 18.6 Å². The topological polar surface area (TPSA) is 97.3 Å². The summed E-state index contributed by atoms with van der Waals surface area (Å²) in [5.74, 6) is -0.438. The Morgan fingerprint density at radius 1 is 1.35 bits per heavy atom. The molecule has 1 aromatic carbocycles. The highest BCUT2D eigenvalue weighted by atomic mass is 35.5. The molecule has 1 fully saturated rings. The quantitative estimate of drug-likeness (QED) is 0.712. The molecule has 9 heteroatoms. The molecule has 4 rings (SSSR count). The van der Waals surface area contributed by atoms with Crippen LogP contribution in [0.3, 0.4) is 0 Å². The second kappa shape index (κ2) is 6.42. The Labute approximate surface area is 159 Å². The maximum atomic E-state index is 11.6. The molecule has 2 aromatic heterocycles. The summed E-state index contributed by atoms with van der Waals surface area (Å²) >= 11 is 12.5. The Morgan fingerprint density at radius 2 is 2.15 bits per heavy atom. The van der Waals surface area contributed by atoms with Gasteiger partial charge in [-0.3, -0.25) is 0 Å². The molecule has 0 aliphatic carbocycles. The molecule has 2 atom stereocenters. The van der Waals surface area contributed by atoms with Gasteiger partial charge in [0.15, 0.2) is 0 Å². The van der Waals surface area contributed by atoms with Gasteiger partial charge in [0.05, 0.1) is 27.6 Å². The number of rotatable bonds is 3. The molecule has 0 saturated carbocycles. The number of carbonyl (C=O) groups is 1. The van der Waals surface area contributed by atoms with E-state index in [1.54, 1.807) is 29.7 Å². The van der Waals surface area contributed by atoms with E-state index in [1.165, 1.54) is 0 Å². The fourth-order valence-electron chi connectivity index (χ4n) is 3.32. The number of nitrogens with two attached hydrogens (primary N) is 1. The molecule has 3 heterocycles. The summed E-state index contributed by atoms with van der Waals surface area (Å²) in [5.41, 5.74) is 7.28. The molecule has 0 radical (unpaired) electrons. The van der Waals surface area contributed by atoms with Gasteiger partial charge in [-0.2, -0.15) is 0 Å². The number of pyridine rings is 1. The first-order valence-corrected chi connectivity index (χ1v) is 8.73. The van der Waals surface area contributed by atoms with E-state index in [0.717, 1.165) is 11.1 Å². The second-order valence-corrected chi connectivity index (χ2v) is 7.01. The third kappa shape index (κ3) is 2.78. The van der Waals surface area contributed by atoms with E-state index in [2.05, 4.69) is 9.97 Å². The Kier molecular flexibility index (Phi) is 4.22. The van der Waals surface area contributed by atoms with Crippen LogP contribution in [-0.4, -0.2) is 44.2 Å². The predicted octanol–water partition coefficient (Wildman–Crippen LogP) is 2.72. The zero-order chi connectivity index (χ0) is 18.4. The second-order valence-electron chi connectivity index (χ2n) is 6.23. The minimum atomic E-state index is -0.929. The highest BCUT2D eigenvalue weighted by Crippen LogP contribution is 2.36. The van der Waals surface area contributed by atoms with Gasteiger partial charge in [-0.25, -0.2) is 14.8 Å². The Bertz CT molecular complexity index is 992. The van der Waals surface area contributed by atoms with E-state index in [9.17, 15) is 9.90 Å². The van der Waals surface area contributed by atoms with Gasteiger partial charge in [-0.15, -0.1) is 0 Å². The summed E-state index contributed by atoms with van der Waals surface area (Å²) < 4.78 is 1.82. The van der Waals surface area contributed by atoms with Crippen molar-refractivity contribution in [3.8, 4) is 5.69 Å². The van der Waals surface area contributed by atoms with E-state index in [1.807, 2.05) is 16.7 Å². The normalized spacial score (nSPS) is 20.0. The number of hydrogen-bond donors (Lipinski definition) is 2. The smallest absolute Gasteiger partial charge is 0.326 e. The molecular weight excluding hydrogens is 377 g/mol. The summed E-state index contributed by atoms with van der Waals surface area (Å²) in [5, 5.41) is 11.0. The number of fused-ring (bicyclic) bond motifs is 1. The lowest BCUT2D eigenvalue weighted by atomic mass is 10.1. The molecule has 3 N–H and O–H groups in total. The standard InChI is InChI=1S/C17H15Cl2N5O2/c18-11-2-1-10-12(23-4-3-21-8-23)6-14(22-16(10)15(11)19)24-7-9(20)5-13(24)17(25)26/h1-4,6,8-9,13H,5,7,20H2,(H,25,26)/t9-,13+/m1/s1. The van der Waals surface area contributed by atoms with Crippen LogP contribution in [0.15, 0.2) is 36.9 Å². The van der Waals surface area contributed by atoms with E-state index in [4.69, 9.17) is 28.9 Å². The number of nitrogens with zero attached hydrogens (tertiary/aromatic N) is 4. The molecule has 1 aliphatic heterocycles. The lowest BCUT2D eigenvalue weighted by Gasteiger charge is -2.24. The first-order chi connectivity index (χ1) is 12.5. The largest absolute Gasteiger partial charge is 0.480 e. The number of aromatic nitrogens is 3. The number of anilines is 1. The van der Waals surface area contributed by atoms with Gasteiger partial charge in [0, 0.05) is 36.4 Å². The van der Waals surface area contributed by atoms with Crippen molar-refractivity contribution in [2.45, 2.75) is 18.5 Å². The van der Waals surface area contributed by atoms with E-state index in [-0.39, 0.29) is 6.04 Å². The van der Waals surface area contributed by atoms with Crippen LogP contribution in [0, 0.1) is 0 Å². The summed E-state index contributed by atoms with van der Waals surface area (Å²) in [7, 11) is 0. The van der Waals surface area contributed by atoms with Gasteiger partial charge in [0.25, 0.3) is 0 Å². The Balaban J connectivity index is 1.96. The van der Waals surface area contributed by atoms with Gasteiger partial charge < -0.3 is 20.3 Å². The highest BCUT2D eigenvalue weighted by Gasteiger charge is 2.36. The minimum Gasteiger partial charge on any atom is -0.480 e. The Hall–Kier alpha value is -2.35. The van der Waals surface area contributed by atoms with Crippen LogP contribution < -0.4 is 10.6 Å². The minimum absolute atomic E-state index is 0.236. The molecular formula is C17H15Cl2N5O2. The van der Waals surface area contributed by atoms with Crippen molar-refractivity contribution in [1.29, 1.82) is 0 Å². The third-order valence-electron chi connectivity index (χ3n) is 4.53. The average Bonchev–Trinajstić information content (AvgIpc) is 3.27. The van der Waals surface area contributed by atoms with E-state index >= 15 is 0 Å². The lowest BCUT2D eigenvalue weighted by Crippen LogP contribution is -2.36. The van der Waals surface area contributed by atoms with Crippen molar-refractivity contribution in [3.05, 3.63) is 47.0 Å². The van der Waals surface area contributed by atoms with Crippen LogP contribution >= 0.6 is 23.2 Å². The number of hydrogen-bond acceptors (Lipinski definition) is 5. The molecule has 0 unspecified atom stereocenters. The lowest BCUT2D eigenvalue weighted by molar-refractivity contribution is -0.138. The van der Waals surface area contributed by atoms with Crippen molar-refractivity contribution < 1.29 is 9.90 Å². The zero-order valence-corrected chi connectivity index (χ0v) is 15.0. The highest BCUT2D eigenvalue weighted by molar-refractivity contribution is 6.45. The molecule has 0 spiro atoms. The maximum Gasteiger partial charge on any atom is 0.326 e.